The van der Waals surface area contributed by atoms with Crippen molar-refractivity contribution in [1.29, 1.82) is 0 Å². The second kappa shape index (κ2) is 8.23. The minimum Gasteiger partial charge on any atom is -0.355 e. The van der Waals surface area contributed by atoms with Crippen LogP contribution in [-0.2, 0) is 9.47 Å². The Balaban J connectivity index is 1.97. The van der Waals surface area contributed by atoms with Gasteiger partial charge in [0.05, 0.1) is 6.54 Å². The molecule has 0 atom stereocenters. The number of methoxy groups -OCH3 is 2. The fraction of sp³-hybridized carbons (Fsp3) is 1.00. The molecular weight excluding hydrogens is 238 g/mol. The van der Waals surface area contributed by atoms with E-state index in [1.807, 2.05) is 0 Å². The molecule has 2 fully saturated rings. The average molecular weight is 269 g/mol. The van der Waals surface area contributed by atoms with Gasteiger partial charge in [-0.25, -0.2) is 0 Å². The van der Waals surface area contributed by atoms with Gasteiger partial charge in [-0.3, -0.25) is 4.90 Å². The van der Waals surface area contributed by atoms with Gasteiger partial charge in [-0.05, 0) is 25.7 Å². The van der Waals surface area contributed by atoms with E-state index in [0.29, 0.717) is 0 Å². The first-order valence-electron chi connectivity index (χ1n) is 8.16. The third kappa shape index (κ3) is 4.44. The first-order chi connectivity index (χ1) is 9.35. The van der Waals surface area contributed by atoms with Gasteiger partial charge in [-0.2, -0.15) is 0 Å². The van der Waals surface area contributed by atoms with Gasteiger partial charge in [0.1, 0.15) is 0 Å². The van der Waals surface area contributed by atoms with Crippen molar-refractivity contribution in [1.82, 2.24) is 4.90 Å². The highest BCUT2D eigenvalue weighted by molar-refractivity contribution is 4.84. The van der Waals surface area contributed by atoms with Gasteiger partial charge in [-0.15, -0.1) is 0 Å². The first-order valence-corrected chi connectivity index (χ1v) is 8.16. The van der Waals surface area contributed by atoms with Crippen molar-refractivity contribution in [2.75, 3.05) is 20.8 Å². The lowest BCUT2D eigenvalue weighted by Crippen LogP contribution is -2.49. The highest BCUT2D eigenvalue weighted by Gasteiger charge is 2.30. The number of nitrogens with zero attached hydrogens (tertiary/aromatic N) is 1. The van der Waals surface area contributed by atoms with Crippen molar-refractivity contribution >= 4 is 0 Å². The highest BCUT2D eigenvalue weighted by Crippen LogP contribution is 2.30. The van der Waals surface area contributed by atoms with Crippen LogP contribution in [0.3, 0.4) is 0 Å². The van der Waals surface area contributed by atoms with Crippen LogP contribution in [0.15, 0.2) is 0 Å². The van der Waals surface area contributed by atoms with Crippen molar-refractivity contribution in [2.45, 2.75) is 82.6 Å². The Hall–Kier alpha value is -0.120. The molecule has 0 aromatic heterocycles. The number of ether oxygens (including phenoxy) is 2. The average Bonchev–Trinajstić information content (AvgIpc) is 2.50. The molecular formula is C16H31NO2. The van der Waals surface area contributed by atoms with E-state index in [2.05, 4.69) is 4.90 Å². The molecule has 0 heterocycles. The van der Waals surface area contributed by atoms with E-state index in [9.17, 15) is 0 Å². The highest BCUT2D eigenvalue weighted by atomic mass is 16.7. The molecule has 3 nitrogen and oxygen atoms in total. The first kappa shape index (κ1) is 15.3. The molecule has 19 heavy (non-hydrogen) atoms. The molecule has 0 spiro atoms. The molecule has 2 saturated carbocycles. The molecule has 0 aromatic rings. The minimum absolute atomic E-state index is 0.0659. The zero-order valence-corrected chi connectivity index (χ0v) is 12.8. The summed E-state index contributed by atoms with van der Waals surface area (Å²) in [5.41, 5.74) is 0. The van der Waals surface area contributed by atoms with E-state index in [0.717, 1.165) is 18.6 Å². The molecule has 0 aromatic carbocycles. The van der Waals surface area contributed by atoms with Gasteiger partial charge < -0.3 is 9.47 Å². The maximum Gasteiger partial charge on any atom is 0.169 e. The molecule has 0 unspecified atom stereocenters. The minimum atomic E-state index is -0.0659. The van der Waals surface area contributed by atoms with Gasteiger partial charge in [-0.1, -0.05) is 38.5 Å². The summed E-state index contributed by atoms with van der Waals surface area (Å²) < 4.78 is 10.9. The molecule has 112 valence electrons. The quantitative estimate of drug-likeness (QED) is 0.688. The third-order valence-corrected chi connectivity index (χ3v) is 4.97. The number of hydrogen-bond donors (Lipinski definition) is 0. The van der Waals surface area contributed by atoms with Crippen molar-refractivity contribution < 1.29 is 9.47 Å². The summed E-state index contributed by atoms with van der Waals surface area (Å²) in [7, 11) is 3.52. The second-order valence-electron chi connectivity index (χ2n) is 6.18. The van der Waals surface area contributed by atoms with Crippen LogP contribution in [0.25, 0.3) is 0 Å². The summed E-state index contributed by atoms with van der Waals surface area (Å²) in [6.45, 7) is 0.947. The predicted molar refractivity (Wildman–Crippen MR) is 78.3 cm³/mol. The topological polar surface area (TPSA) is 21.7 Å². The maximum atomic E-state index is 5.45. The van der Waals surface area contributed by atoms with Gasteiger partial charge in [0.15, 0.2) is 6.29 Å². The van der Waals surface area contributed by atoms with E-state index in [1.54, 1.807) is 14.2 Å². The van der Waals surface area contributed by atoms with Crippen LogP contribution < -0.4 is 0 Å². The lowest BCUT2D eigenvalue weighted by Gasteiger charge is -2.42. The van der Waals surface area contributed by atoms with Crippen molar-refractivity contribution in [3.63, 3.8) is 0 Å². The Kier molecular flexibility index (Phi) is 6.62. The van der Waals surface area contributed by atoms with E-state index in [4.69, 9.17) is 9.47 Å². The monoisotopic (exact) mass is 269 g/mol. The van der Waals surface area contributed by atoms with Crippen LogP contribution in [0.1, 0.15) is 64.2 Å². The lowest BCUT2D eigenvalue weighted by atomic mass is 9.88. The summed E-state index contributed by atoms with van der Waals surface area (Å²) in [4.78, 5) is 2.73. The molecule has 2 aliphatic rings. The Morgan fingerprint density at radius 2 is 1.21 bits per heavy atom. The molecule has 2 aliphatic carbocycles. The van der Waals surface area contributed by atoms with Gasteiger partial charge in [0, 0.05) is 26.3 Å². The molecule has 2 rings (SSSR count). The van der Waals surface area contributed by atoms with E-state index in [1.165, 1.54) is 64.2 Å². The SMILES string of the molecule is COC(CN(C1CCCCC1)C1CCCCC1)OC. The number of hydrogen-bond acceptors (Lipinski definition) is 3. The smallest absolute Gasteiger partial charge is 0.169 e. The van der Waals surface area contributed by atoms with E-state index in [-0.39, 0.29) is 6.29 Å². The van der Waals surface area contributed by atoms with Gasteiger partial charge >= 0.3 is 0 Å². The van der Waals surface area contributed by atoms with Gasteiger partial charge in [0.25, 0.3) is 0 Å². The Labute approximate surface area is 118 Å². The van der Waals surface area contributed by atoms with Crippen LogP contribution >= 0.6 is 0 Å². The Bertz CT molecular complexity index is 213. The zero-order chi connectivity index (χ0) is 13.5. The fourth-order valence-corrected chi connectivity index (χ4v) is 3.84. The summed E-state index contributed by atoms with van der Waals surface area (Å²) in [5.74, 6) is 0. The molecule has 0 saturated heterocycles. The van der Waals surface area contributed by atoms with Crippen molar-refractivity contribution in [3.8, 4) is 0 Å². The molecule has 0 radical (unpaired) electrons. The van der Waals surface area contributed by atoms with Crippen LogP contribution in [-0.4, -0.2) is 44.0 Å². The standard InChI is InChI=1S/C16H31NO2/c1-18-16(19-2)13-17(14-9-5-3-6-10-14)15-11-7-4-8-12-15/h14-16H,3-13H2,1-2H3. The molecule has 0 N–H and O–H groups in total. The summed E-state index contributed by atoms with van der Waals surface area (Å²) >= 11 is 0. The largest absolute Gasteiger partial charge is 0.355 e. The Morgan fingerprint density at radius 1 is 0.789 bits per heavy atom. The lowest BCUT2D eigenvalue weighted by molar-refractivity contribution is -0.129. The van der Waals surface area contributed by atoms with Crippen LogP contribution in [0.2, 0.25) is 0 Å². The summed E-state index contributed by atoms with van der Waals surface area (Å²) in [5, 5.41) is 0. The van der Waals surface area contributed by atoms with Crippen LogP contribution in [0.5, 0.6) is 0 Å². The third-order valence-electron chi connectivity index (χ3n) is 4.97. The normalized spacial score (nSPS) is 23.4. The summed E-state index contributed by atoms with van der Waals surface area (Å²) in [6, 6.07) is 1.54. The predicted octanol–water partition coefficient (Wildman–Crippen LogP) is 3.57. The van der Waals surface area contributed by atoms with Gasteiger partial charge in [0.2, 0.25) is 0 Å². The molecule has 0 bridgehead atoms. The maximum absolute atomic E-state index is 5.45. The Morgan fingerprint density at radius 3 is 1.58 bits per heavy atom. The number of rotatable bonds is 6. The second-order valence-corrected chi connectivity index (χ2v) is 6.18. The van der Waals surface area contributed by atoms with Crippen LogP contribution in [0, 0.1) is 0 Å². The zero-order valence-electron chi connectivity index (χ0n) is 12.8. The molecule has 0 aliphatic heterocycles. The molecule has 3 heteroatoms. The summed E-state index contributed by atoms with van der Waals surface area (Å²) in [6.07, 6.45) is 13.9. The van der Waals surface area contributed by atoms with Crippen molar-refractivity contribution in [3.05, 3.63) is 0 Å². The van der Waals surface area contributed by atoms with Crippen LogP contribution in [0.4, 0.5) is 0 Å². The van der Waals surface area contributed by atoms with Crippen molar-refractivity contribution in [2.24, 2.45) is 0 Å². The fourth-order valence-electron chi connectivity index (χ4n) is 3.84. The van der Waals surface area contributed by atoms with E-state index >= 15 is 0 Å². The van der Waals surface area contributed by atoms with E-state index < -0.39 is 0 Å². The molecule has 0 amide bonds.